The highest BCUT2D eigenvalue weighted by atomic mass is 32.2. The highest BCUT2D eigenvalue weighted by Crippen LogP contribution is 2.30. The van der Waals surface area contributed by atoms with Crippen molar-refractivity contribution >= 4 is 33.0 Å². The van der Waals surface area contributed by atoms with Gasteiger partial charge in [0.1, 0.15) is 10.9 Å². The van der Waals surface area contributed by atoms with Gasteiger partial charge in [-0.15, -0.1) is 0 Å². The molecule has 1 heterocycles. The first kappa shape index (κ1) is 14.2. The number of anilines is 2. The van der Waals surface area contributed by atoms with Gasteiger partial charge in [-0.1, -0.05) is 0 Å². The molecule has 2 rings (SSSR count). The van der Waals surface area contributed by atoms with Crippen molar-refractivity contribution in [1.29, 1.82) is 0 Å². The van der Waals surface area contributed by atoms with E-state index in [0.29, 0.717) is 0 Å². The summed E-state index contributed by atoms with van der Waals surface area (Å²) in [6.07, 6.45) is -0.239. The van der Waals surface area contributed by atoms with E-state index in [1.54, 1.807) is 0 Å². The Labute approximate surface area is 114 Å². The topological polar surface area (TPSA) is 150 Å². The number of primary sulfonamides is 1. The third-order valence-electron chi connectivity index (χ3n) is 3.08. The summed E-state index contributed by atoms with van der Waals surface area (Å²) in [7, 11) is -3.83. The molecule has 0 aromatic heterocycles. The van der Waals surface area contributed by atoms with Crippen LogP contribution in [0, 0.1) is 10.1 Å². The summed E-state index contributed by atoms with van der Waals surface area (Å²) in [6.45, 7) is -0.126. The van der Waals surface area contributed by atoms with Gasteiger partial charge in [-0.2, -0.15) is 0 Å². The smallest absolute Gasteiger partial charge is 0.294 e. The fraction of sp³-hybridized carbons (Fsp3) is 0.300. The van der Waals surface area contributed by atoms with Gasteiger partial charge in [0.15, 0.2) is 0 Å². The van der Waals surface area contributed by atoms with Crippen molar-refractivity contribution in [3.05, 3.63) is 28.3 Å². The molecule has 1 atom stereocenters. The van der Waals surface area contributed by atoms with Crippen molar-refractivity contribution in [2.24, 2.45) is 5.14 Å². The molecular formula is C10H12N4O5S. The van der Waals surface area contributed by atoms with Crippen LogP contribution >= 0.6 is 0 Å². The summed E-state index contributed by atoms with van der Waals surface area (Å²) in [5.41, 5.74) is 5.31. The number of hydrogen-bond acceptors (Lipinski definition) is 6. The van der Waals surface area contributed by atoms with Crippen molar-refractivity contribution < 1.29 is 18.1 Å². The van der Waals surface area contributed by atoms with Crippen LogP contribution in [0.5, 0.6) is 0 Å². The fourth-order valence-electron chi connectivity index (χ4n) is 2.00. The van der Waals surface area contributed by atoms with Gasteiger partial charge in [0.25, 0.3) is 5.69 Å². The van der Waals surface area contributed by atoms with Crippen molar-refractivity contribution in [3.8, 4) is 0 Å². The number of carbonyl (C=O) groups excluding carboxylic acids is 1. The molecule has 1 amide bonds. The minimum absolute atomic E-state index is 0.0339. The van der Waals surface area contributed by atoms with Gasteiger partial charge in [0.2, 0.25) is 15.9 Å². The molecule has 0 bridgehead atoms. The molecule has 20 heavy (non-hydrogen) atoms. The number of amides is 1. The van der Waals surface area contributed by atoms with Crippen molar-refractivity contribution in [3.63, 3.8) is 0 Å². The van der Waals surface area contributed by atoms with E-state index in [4.69, 9.17) is 10.9 Å². The molecule has 1 unspecified atom stereocenters. The van der Waals surface area contributed by atoms with Crippen LogP contribution in [0.1, 0.15) is 6.42 Å². The third-order valence-corrected chi connectivity index (χ3v) is 4.32. The Kier molecular flexibility index (Phi) is 3.36. The summed E-state index contributed by atoms with van der Waals surface area (Å²) < 4.78 is 22.5. The average molecular weight is 300 g/mol. The Bertz CT molecular complexity index is 687. The molecular weight excluding hydrogens is 288 g/mol. The van der Waals surface area contributed by atoms with Crippen LogP contribution in [0.15, 0.2) is 18.2 Å². The van der Waals surface area contributed by atoms with Gasteiger partial charge in [-0.05, 0) is 12.1 Å². The number of benzene rings is 1. The molecule has 0 aliphatic carbocycles. The number of carbonyl (C=O) groups is 1. The molecule has 0 spiro atoms. The molecule has 1 aromatic carbocycles. The lowest BCUT2D eigenvalue weighted by molar-refractivity contribution is -0.383. The van der Waals surface area contributed by atoms with Gasteiger partial charge in [-0.3, -0.25) is 14.9 Å². The Hall–Kier alpha value is -2.20. The first-order valence-electron chi connectivity index (χ1n) is 5.56. The number of nitro groups is 1. The quantitative estimate of drug-likeness (QED) is 0.439. The second kappa shape index (κ2) is 4.72. The highest BCUT2D eigenvalue weighted by Gasteiger charge is 2.37. The van der Waals surface area contributed by atoms with E-state index >= 15 is 0 Å². The molecule has 1 saturated heterocycles. The Morgan fingerprint density at radius 1 is 1.40 bits per heavy atom. The number of nitrogen functional groups attached to an aromatic ring is 1. The zero-order chi connectivity index (χ0) is 15.1. The van der Waals surface area contributed by atoms with Gasteiger partial charge < -0.3 is 10.6 Å². The number of nitrogens with two attached hydrogens (primary N) is 2. The number of rotatable bonds is 3. The Balaban J connectivity index is 2.36. The lowest BCUT2D eigenvalue weighted by Gasteiger charge is -2.16. The van der Waals surface area contributed by atoms with E-state index in [2.05, 4.69) is 0 Å². The van der Waals surface area contributed by atoms with Crippen LogP contribution in [0.3, 0.4) is 0 Å². The summed E-state index contributed by atoms with van der Waals surface area (Å²) in [5.74, 6) is -0.455. The maximum absolute atomic E-state index is 11.8. The molecule has 9 nitrogen and oxygen atoms in total. The largest absolute Gasteiger partial charge is 0.393 e. The summed E-state index contributed by atoms with van der Waals surface area (Å²) in [6, 6.07) is 3.86. The van der Waals surface area contributed by atoms with E-state index in [1.807, 2.05) is 0 Å². The fourth-order valence-corrected chi connectivity index (χ4v) is 2.73. The summed E-state index contributed by atoms with van der Waals surface area (Å²) in [4.78, 5) is 23.1. The van der Waals surface area contributed by atoms with E-state index in [1.165, 1.54) is 12.1 Å². The standard InChI is InChI=1S/C10H12N4O5S/c11-8-2-1-6(3-9(8)14(16)17)13-5-7(4-10(13)15)20(12,18)19/h1-3,7H,4-5,11H2,(H2,12,18,19). The molecule has 4 N–H and O–H groups in total. The first-order valence-corrected chi connectivity index (χ1v) is 7.17. The predicted molar refractivity (Wildman–Crippen MR) is 71.4 cm³/mol. The monoisotopic (exact) mass is 300 g/mol. The highest BCUT2D eigenvalue weighted by molar-refractivity contribution is 7.89. The third kappa shape index (κ3) is 2.56. The van der Waals surface area contributed by atoms with Crippen LogP contribution in [0.4, 0.5) is 17.1 Å². The second-order valence-electron chi connectivity index (χ2n) is 4.42. The normalized spacial score (nSPS) is 19.4. The van der Waals surface area contributed by atoms with Crippen LogP contribution in [0.2, 0.25) is 0 Å². The molecule has 0 saturated carbocycles. The predicted octanol–water partition coefficient (Wildman–Crippen LogP) is -0.429. The first-order chi connectivity index (χ1) is 9.20. The van der Waals surface area contributed by atoms with Gasteiger partial charge in [-0.25, -0.2) is 13.6 Å². The number of sulfonamides is 1. The molecule has 0 radical (unpaired) electrons. The average Bonchev–Trinajstić information content (AvgIpc) is 2.71. The van der Waals surface area contributed by atoms with Gasteiger partial charge in [0.05, 0.1) is 10.6 Å². The molecule has 1 aromatic rings. The second-order valence-corrected chi connectivity index (χ2v) is 6.26. The lowest BCUT2D eigenvalue weighted by Crippen LogP contribution is -2.32. The molecule has 1 aliphatic heterocycles. The number of hydrogen-bond donors (Lipinski definition) is 2. The number of nitro benzene ring substituents is 1. The minimum atomic E-state index is -3.83. The van der Waals surface area contributed by atoms with E-state index in [0.717, 1.165) is 11.0 Å². The van der Waals surface area contributed by atoms with Crippen LogP contribution in [-0.4, -0.2) is 31.0 Å². The molecule has 10 heteroatoms. The molecule has 108 valence electrons. The summed E-state index contributed by atoms with van der Waals surface area (Å²) in [5, 5.41) is 14.8. The van der Waals surface area contributed by atoms with Gasteiger partial charge in [0, 0.05) is 19.0 Å². The van der Waals surface area contributed by atoms with Crippen molar-refractivity contribution in [2.45, 2.75) is 11.7 Å². The Morgan fingerprint density at radius 2 is 2.05 bits per heavy atom. The van der Waals surface area contributed by atoms with E-state index in [-0.39, 0.29) is 30.0 Å². The van der Waals surface area contributed by atoms with Crippen LogP contribution < -0.4 is 15.8 Å². The molecule has 1 fully saturated rings. The van der Waals surface area contributed by atoms with E-state index < -0.39 is 26.1 Å². The maximum atomic E-state index is 11.8. The van der Waals surface area contributed by atoms with E-state index in [9.17, 15) is 23.3 Å². The van der Waals surface area contributed by atoms with Crippen molar-refractivity contribution in [2.75, 3.05) is 17.2 Å². The zero-order valence-corrected chi connectivity index (χ0v) is 11.0. The lowest BCUT2D eigenvalue weighted by atomic mass is 10.2. The maximum Gasteiger partial charge on any atom is 0.294 e. The minimum Gasteiger partial charge on any atom is -0.393 e. The van der Waals surface area contributed by atoms with Crippen LogP contribution in [-0.2, 0) is 14.8 Å². The SMILES string of the molecule is Nc1ccc(N2CC(S(N)(=O)=O)CC2=O)cc1[N+](=O)[O-]. The number of nitrogens with zero attached hydrogens (tertiary/aromatic N) is 2. The molecule has 1 aliphatic rings. The van der Waals surface area contributed by atoms with Crippen molar-refractivity contribution in [1.82, 2.24) is 0 Å². The van der Waals surface area contributed by atoms with Crippen LogP contribution in [0.25, 0.3) is 0 Å². The van der Waals surface area contributed by atoms with Gasteiger partial charge >= 0.3 is 0 Å². The summed E-state index contributed by atoms with van der Waals surface area (Å²) >= 11 is 0. The zero-order valence-electron chi connectivity index (χ0n) is 10.2. The Morgan fingerprint density at radius 3 is 2.55 bits per heavy atom.